The number of tetrazole rings is 1. The van der Waals surface area contributed by atoms with E-state index in [1.54, 1.807) is 0 Å². The van der Waals surface area contributed by atoms with Gasteiger partial charge in [-0.05, 0) is 47.7 Å². The van der Waals surface area contributed by atoms with Crippen LogP contribution in [0, 0.1) is 6.92 Å². The van der Waals surface area contributed by atoms with E-state index in [-0.39, 0.29) is 5.60 Å². The van der Waals surface area contributed by atoms with Crippen LogP contribution in [-0.4, -0.2) is 51.3 Å². The van der Waals surface area contributed by atoms with Gasteiger partial charge in [0.15, 0.2) is 0 Å². The fourth-order valence-corrected chi connectivity index (χ4v) is 3.92. The molecule has 1 saturated heterocycles. The van der Waals surface area contributed by atoms with Gasteiger partial charge < -0.3 is 4.74 Å². The lowest BCUT2D eigenvalue weighted by atomic mass is 9.93. The largest absolute Gasteiger partial charge is 0.368 e. The van der Waals surface area contributed by atoms with Gasteiger partial charge >= 0.3 is 0 Å². The second-order valence-corrected chi connectivity index (χ2v) is 6.58. The van der Waals surface area contributed by atoms with Gasteiger partial charge in [0.2, 0.25) is 0 Å². The molecule has 1 aliphatic carbocycles. The molecule has 1 atom stereocenters. The minimum absolute atomic E-state index is 0.0838. The van der Waals surface area contributed by atoms with Crippen LogP contribution >= 0.6 is 0 Å². The maximum atomic E-state index is 6.28. The summed E-state index contributed by atoms with van der Waals surface area (Å²) >= 11 is 0. The molecule has 1 fully saturated rings. The van der Waals surface area contributed by atoms with Crippen molar-refractivity contribution < 1.29 is 4.74 Å². The molecule has 1 aromatic carbocycles. The molecule has 6 nitrogen and oxygen atoms in total. The van der Waals surface area contributed by atoms with Crippen molar-refractivity contribution in [2.24, 2.45) is 0 Å². The Labute approximate surface area is 136 Å². The number of hydrogen-bond acceptors (Lipinski definition) is 5. The molecule has 0 amide bonds. The van der Waals surface area contributed by atoms with Gasteiger partial charge in [-0.1, -0.05) is 24.3 Å². The lowest BCUT2D eigenvalue weighted by molar-refractivity contribution is -0.113. The van der Waals surface area contributed by atoms with Gasteiger partial charge in [0.05, 0.1) is 6.61 Å². The second-order valence-electron chi connectivity index (χ2n) is 6.58. The Bertz CT molecular complexity index is 681. The SMILES string of the molecule is Cc1nnnn1CCCN1CCO[C@@]2(CCc3ccccc32)C1. The number of benzene rings is 1. The third-order valence-electron chi connectivity index (χ3n) is 5.13. The molecule has 1 aliphatic heterocycles. The summed E-state index contributed by atoms with van der Waals surface area (Å²) in [5.41, 5.74) is 2.78. The van der Waals surface area contributed by atoms with Crippen LogP contribution < -0.4 is 0 Å². The van der Waals surface area contributed by atoms with Crippen LogP contribution in [-0.2, 0) is 23.3 Å². The Kier molecular flexibility index (Phi) is 3.87. The first-order valence-corrected chi connectivity index (χ1v) is 8.44. The van der Waals surface area contributed by atoms with Gasteiger partial charge in [-0.15, -0.1) is 5.10 Å². The first kappa shape index (κ1) is 14.8. The number of fused-ring (bicyclic) bond motifs is 2. The van der Waals surface area contributed by atoms with E-state index in [2.05, 4.69) is 44.7 Å². The van der Waals surface area contributed by atoms with E-state index in [0.29, 0.717) is 0 Å². The molecule has 6 heteroatoms. The number of hydrogen-bond donors (Lipinski definition) is 0. The maximum Gasteiger partial charge on any atom is 0.148 e. The monoisotopic (exact) mass is 313 g/mol. The highest BCUT2D eigenvalue weighted by atomic mass is 16.5. The topological polar surface area (TPSA) is 56.1 Å². The van der Waals surface area contributed by atoms with E-state index in [4.69, 9.17) is 4.74 Å². The van der Waals surface area contributed by atoms with Gasteiger partial charge in [-0.3, -0.25) is 4.90 Å². The number of ether oxygens (including phenoxy) is 1. The van der Waals surface area contributed by atoms with E-state index < -0.39 is 0 Å². The predicted octanol–water partition coefficient (Wildman–Crippen LogP) is 1.55. The van der Waals surface area contributed by atoms with Crippen molar-refractivity contribution in [3.63, 3.8) is 0 Å². The Morgan fingerprint density at radius 2 is 2.17 bits per heavy atom. The fourth-order valence-electron chi connectivity index (χ4n) is 3.92. The molecule has 0 unspecified atom stereocenters. The first-order chi connectivity index (χ1) is 11.3. The summed E-state index contributed by atoms with van der Waals surface area (Å²) < 4.78 is 8.15. The van der Waals surface area contributed by atoms with Crippen LogP contribution in [0.2, 0.25) is 0 Å². The number of aryl methyl sites for hydroxylation is 3. The molecule has 1 aromatic heterocycles. The minimum Gasteiger partial charge on any atom is -0.368 e. The molecule has 23 heavy (non-hydrogen) atoms. The molecule has 0 N–H and O–H groups in total. The number of nitrogens with zero attached hydrogens (tertiary/aromatic N) is 5. The van der Waals surface area contributed by atoms with Crippen molar-refractivity contribution in [2.45, 2.75) is 38.3 Å². The van der Waals surface area contributed by atoms with Gasteiger partial charge in [0.1, 0.15) is 11.4 Å². The quantitative estimate of drug-likeness (QED) is 0.857. The van der Waals surface area contributed by atoms with Crippen molar-refractivity contribution in [1.82, 2.24) is 25.1 Å². The zero-order valence-electron chi connectivity index (χ0n) is 13.6. The van der Waals surface area contributed by atoms with Crippen LogP contribution in [0.4, 0.5) is 0 Å². The van der Waals surface area contributed by atoms with E-state index in [1.165, 1.54) is 11.1 Å². The summed E-state index contributed by atoms with van der Waals surface area (Å²) in [5, 5.41) is 11.6. The van der Waals surface area contributed by atoms with Crippen molar-refractivity contribution in [2.75, 3.05) is 26.2 Å². The van der Waals surface area contributed by atoms with Crippen LogP contribution in [0.25, 0.3) is 0 Å². The summed E-state index contributed by atoms with van der Waals surface area (Å²) in [7, 11) is 0. The molecular weight excluding hydrogens is 290 g/mol. The van der Waals surface area contributed by atoms with Gasteiger partial charge in [0.25, 0.3) is 0 Å². The molecule has 4 rings (SSSR count). The summed E-state index contributed by atoms with van der Waals surface area (Å²) in [6.45, 7) is 6.71. The Morgan fingerprint density at radius 1 is 1.26 bits per heavy atom. The summed E-state index contributed by atoms with van der Waals surface area (Å²) in [6.07, 6.45) is 3.30. The first-order valence-electron chi connectivity index (χ1n) is 8.44. The van der Waals surface area contributed by atoms with Crippen LogP contribution in [0.3, 0.4) is 0 Å². The number of aromatic nitrogens is 4. The zero-order chi connectivity index (χ0) is 15.7. The number of rotatable bonds is 4. The smallest absolute Gasteiger partial charge is 0.148 e. The molecule has 0 bridgehead atoms. The molecule has 0 radical (unpaired) electrons. The lowest BCUT2D eigenvalue weighted by Crippen LogP contribution is -2.49. The molecule has 2 aromatic rings. The van der Waals surface area contributed by atoms with Crippen LogP contribution in [0.15, 0.2) is 24.3 Å². The highest BCUT2D eigenvalue weighted by molar-refractivity contribution is 5.38. The Balaban J connectivity index is 1.39. The van der Waals surface area contributed by atoms with Crippen molar-refractivity contribution in [1.29, 1.82) is 0 Å². The Morgan fingerprint density at radius 3 is 3.04 bits per heavy atom. The maximum absolute atomic E-state index is 6.28. The van der Waals surface area contributed by atoms with Crippen molar-refractivity contribution >= 4 is 0 Å². The molecule has 0 saturated carbocycles. The van der Waals surface area contributed by atoms with Gasteiger partial charge in [0, 0.05) is 26.2 Å². The van der Waals surface area contributed by atoms with E-state index in [1.807, 2.05) is 11.6 Å². The second kappa shape index (κ2) is 6.02. The third kappa shape index (κ3) is 2.77. The van der Waals surface area contributed by atoms with Crippen molar-refractivity contribution in [3.8, 4) is 0 Å². The minimum atomic E-state index is -0.0838. The normalized spacial score (nSPS) is 24.2. The van der Waals surface area contributed by atoms with E-state index >= 15 is 0 Å². The highest BCUT2D eigenvalue weighted by Gasteiger charge is 2.42. The highest BCUT2D eigenvalue weighted by Crippen LogP contribution is 2.42. The van der Waals surface area contributed by atoms with Gasteiger partial charge in [-0.25, -0.2) is 4.68 Å². The zero-order valence-corrected chi connectivity index (χ0v) is 13.6. The van der Waals surface area contributed by atoms with E-state index in [0.717, 1.165) is 57.9 Å². The average Bonchev–Trinajstić information content (AvgIpc) is 3.13. The molecule has 1 spiro atoms. The molecule has 122 valence electrons. The molecule has 2 heterocycles. The van der Waals surface area contributed by atoms with Crippen molar-refractivity contribution in [3.05, 3.63) is 41.2 Å². The lowest BCUT2D eigenvalue weighted by Gasteiger charge is -2.41. The van der Waals surface area contributed by atoms with Gasteiger partial charge in [-0.2, -0.15) is 0 Å². The summed E-state index contributed by atoms with van der Waals surface area (Å²) in [6, 6.07) is 8.75. The predicted molar refractivity (Wildman–Crippen MR) is 86.0 cm³/mol. The summed E-state index contributed by atoms with van der Waals surface area (Å²) in [4.78, 5) is 2.53. The Hall–Kier alpha value is -1.79. The van der Waals surface area contributed by atoms with E-state index in [9.17, 15) is 0 Å². The average molecular weight is 313 g/mol. The summed E-state index contributed by atoms with van der Waals surface area (Å²) in [5.74, 6) is 0.883. The molecule has 2 aliphatic rings. The standard InChI is InChI=1S/C17H23N5O/c1-14-18-19-20-22(14)10-4-9-21-11-12-23-17(13-21)8-7-15-5-2-3-6-16(15)17/h2-3,5-6H,4,7-13H2,1H3/t17-/m0/s1. The number of morpholine rings is 1. The molecular formula is C17H23N5O. The third-order valence-corrected chi connectivity index (χ3v) is 5.13. The van der Waals surface area contributed by atoms with Crippen LogP contribution in [0.1, 0.15) is 29.8 Å². The fraction of sp³-hybridized carbons (Fsp3) is 0.588. The van der Waals surface area contributed by atoms with Crippen LogP contribution in [0.5, 0.6) is 0 Å².